The number of hydrogen-bond donors (Lipinski definition) is 0. The van der Waals surface area contributed by atoms with Crippen LogP contribution in [-0.2, 0) is 20.9 Å². The molecule has 4 atom stereocenters. The number of hydrogen-bond acceptors (Lipinski definition) is 12. The Labute approximate surface area is 292 Å². The predicted molar refractivity (Wildman–Crippen MR) is 177 cm³/mol. The summed E-state index contributed by atoms with van der Waals surface area (Å²) < 4.78 is 54.9. The van der Waals surface area contributed by atoms with E-state index in [0.717, 1.165) is 22.4 Å². The molecule has 0 N–H and O–H groups in total. The number of anilines is 1. The van der Waals surface area contributed by atoms with Gasteiger partial charge >= 0.3 is 12.1 Å². The molecular weight excluding hydrogens is 665 g/mol. The predicted octanol–water partition coefficient (Wildman–Crippen LogP) is 4.15. The highest BCUT2D eigenvalue weighted by Gasteiger charge is 2.53. The quantitative estimate of drug-likeness (QED) is 0.244. The van der Waals surface area contributed by atoms with E-state index in [1.54, 1.807) is 42.1 Å². The molecule has 1 aliphatic carbocycles. The van der Waals surface area contributed by atoms with Crippen molar-refractivity contribution in [2.45, 2.75) is 18.6 Å². The van der Waals surface area contributed by atoms with E-state index in [9.17, 15) is 14.0 Å². The number of carbonyl (C=O) groups is 2. The molecule has 3 aromatic carbocycles. The molecule has 51 heavy (non-hydrogen) atoms. The van der Waals surface area contributed by atoms with Crippen LogP contribution >= 0.6 is 0 Å². The van der Waals surface area contributed by atoms with Gasteiger partial charge < -0.3 is 43.0 Å². The van der Waals surface area contributed by atoms with E-state index in [1.165, 1.54) is 19.2 Å². The molecular formula is C36H36FN5O9. The first-order valence-electron chi connectivity index (χ1n) is 16.6. The van der Waals surface area contributed by atoms with Crippen LogP contribution in [-0.4, -0.2) is 92.9 Å². The number of halogens is 1. The van der Waals surface area contributed by atoms with Crippen molar-refractivity contribution in [2.24, 2.45) is 11.8 Å². The smallest absolute Gasteiger partial charge is 0.410 e. The molecule has 2 saturated heterocycles. The zero-order valence-corrected chi connectivity index (χ0v) is 28.2. The number of carbonyl (C=O) groups excluding carboxylic acids is 2. The molecule has 15 heteroatoms. The number of benzene rings is 3. The molecule has 0 radical (unpaired) electrons. The van der Waals surface area contributed by atoms with Crippen LogP contribution in [0.25, 0.3) is 0 Å². The molecule has 0 saturated carbocycles. The zero-order chi connectivity index (χ0) is 35.2. The van der Waals surface area contributed by atoms with Gasteiger partial charge in [0.05, 0.1) is 46.1 Å². The Morgan fingerprint density at radius 1 is 0.902 bits per heavy atom. The van der Waals surface area contributed by atoms with E-state index in [1.807, 2.05) is 24.3 Å². The van der Waals surface area contributed by atoms with Gasteiger partial charge in [0.15, 0.2) is 23.0 Å². The molecule has 1 aromatic heterocycles. The first-order valence-corrected chi connectivity index (χ1v) is 16.6. The maximum Gasteiger partial charge on any atom is 0.410 e. The average Bonchev–Trinajstić information content (AvgIpc) is 3.92. The molecule has 266 valence electrons. The van der Waals surface area contributed by atoms with Gasteiger partial charge in [0.2, 0.25) is 12.5 Å². The van der Waals surface area contributed by atoms with Crippen molar-refractivity contribution in [1.82, 2.24) is 19.9 Å². The van der Waals surface area contributed by atoms with Crippen LogP contribution in [0.4, 0.5) is 14.9 Å². The van der Waals surface area contributed by atoms with Gasteiger partial charge in [-0.3, -0.25) is 4.79 Å². The lowest BCUT2D eigenvalue weighted by Crippen LogP contribution is -2.48. The van der Waals surface area contributed by atoms with E-state index in [-0.39, 0.29) is 37.7 Å². The van der Waals surface area contributed by atoms with Gasteiger partial charge in [-0.15, -0.1) is 5.10 Å². The van der Waals surface area contributed by atoms with Crippen LogP contribution in [0.15, 0.2) is 54.7 Å². The minimum Gasteiger partial charge on any atom is -0.493 e. The fourth-order valence-corrected chi connectivity index (χ4v) is 7.69. The third-order valence-corrected chi connectivity index (χ3v) is 10.1. The van der Waals surface area contributed by atoms with Crippen molar-refractivity contribution >= 4 is 17.7 Å². The number of esters is 1. The Bertz CT molecular complexity index is 1940. The highest BCUT2D eigenvalue weighted by Crippen LogP contribution is 2.56. The number of nitrogens with zero attached hydrogens (tertiary/aromatic N) is 5. The molecule has 1 amide bonds. The summed E-state index contributed by atoms with van der Waals surface area (Å²) in [5, 5.41) is 8.80. The fourth-order valence-electron chi connectivity index (χ4n) is 7.69. The van der Waals surface area contributed by atoms with Gasteiger partial charge in [-0.2, -0.15) is 0 Å². The van der Waals surface area contributed by atoms with E-state index in [4.69, 9.17) is 33.2 Å². The van der Waals surface area contributed by atoms with Crippen LogP contribution in [0.1, 0.15) is 34.3 Å². The van der Waals surface area contributed by atoms with Crippen molar-refractivity contribution in [3.05, 3.63) is 82.9 Å². The summed E-state index contributed by atoms with van der Waals surface area (Å²) in [6.45, 7) is 2.26. The normalized spacial score (nSPS) is 21.8. The second kappa shape index (κ2) is 13.2. The molecule has 3 aliphatic heterocycles. The summed E-state index contributed by atoms with van der Waals surface area (Å²) in [5.74, 6) is 0.522. The summed E-state index contributed by atoms with van der Waals surface area (Å²) in [7, 11) is 4.63. The Kier molecular flexibility index (Phi) is 8.40. The minimum atomic E-state index is -0.593. The van der Waals surface area contributed by atoms with E-state index in [2.05, 4.69) is 15.2 Å². The molecule has 2 fully saturated rings. The average molecular weight is 702 g/mol. The molecule has 0 bridgehead atoms. The number of piperazine rings is 1. The number of amides is 1. The Balaban J connectivity index is 1.06. The van der Waals surface area contributed by atoms with Gasteiger partial charge in [0.25, 0.3) is 0 Å². The number of methoxy groups -OCH3 is 3. The fraction of sp³-hybridized carbons (Fsp3) is 0.389. The topological polar surface area (TPSA) is 136 Å². The molecule has 8 rings (SSSR count). The standard InChI is InChI=1S/C36H36FN5O9/c1-45-29-12-20(13-30(46-2)34(29)47-3)31-24-14-27-28(51-19-50-27)15-25(24)33(26-18-48-35(43)32(26)31)42-16-22(38-39-42)17-49-36(44)41-10-8-40(9-11-41)23-6-4-21(37)5-7-23/h4-7,12-16,26,31-33H,8-11,17-19H2,1-3H3/t26-,31+,32-,33+/m0/s1. The number of rotatable bonds is 8. The molecule has 4 aromatic rings. The zero-order valence-electron chi connectivity index (χ0n) is 28.2. The monoisotopic (exact) mass is 701 g/mol. The first-order chi connectivity index (χ1) is 24.9. The van der Waals surface area contributed by atoms with Crippen molar-refractivity contribution in [3.8, 4) is 28.7 Å². The molecule has 4 aliphatic rings. The summed E-state index contributed by atoms with van der Waals surface area (Å²) in [5.41, 5.74) is 3.83. The third kappa shape index (κ3) is 5.75. The minimum absolute atomic E-state index is 0.0762. The molecule has 0 spiro atoms. The SMILES string of the molecule is COc1cc([C@@H]2c3cc4c(cc3[C@@H](n3cc(COC(=O)N5CCN(c6ccc(F)cc6)CC5)nn3)[C@H]3COC(=O)[C@H]23)OCO4)cc(OC)c1OC. The molecule has 4 heterocycles. The highest BCUT2D eigenvalue weighted by atomic mass is 19.1. The van der Waals surface area contributed by atoms with Crippen LogP contribution in [0.5, 0.6) is 28.7 Å². The van der Waals surface area contributed by atoms with Crippen LogP contribution in [0, 0.1) is 17.7 Å². The van der Waals surface area contributed by atoms with Crippen molar-refractivity contribution in [1.29, 1.82) is 0 Å². The van der Waals surface area contributed by atoms with E-state index >= 15 is 0 Å². The summed E-state index contributed by atoms with van der Waals surface area (Å²) in [6, 6.07) is 13.4. The van der Waals surface area contributed by atoms with E-state index < -0.39 is 24.0 Å². The number of fused-ring (bicyclic) bond motifs is 3. The maximum absolute atomic E-state index is 13.6. The van der Waals surface area contributed by atoms with Gasteiger partial charge in [0.1, 0.15) is 18.1 Å². The Hall–Kier alpha value is -5.73. The number of ether oxygens (including phenoxy) is 7. The van der Waals surface area contributed by atoms with Crippen LogP contribution < -0.4 is 28.6 Å². The van der Waals surface area contributed by atoms with Crippen molar-refractivity contribution in [2.75, 3.05) is 65.8 Å². The second-order valence-corrected chi connectivity index (χ2v) is 12.7. The van der Waals surface area contributed by atoms with Gasteiger partial charge in [0, 0.05) is 43.7 Å². The maximum atomic E-state index is 13.6. The summed E-state index contributed by atoms with van der Waals surface area (Å²) >= 11 is 0. The van der Waals surface area contributed by atoms with Gasteiger partial charge in [-0.25, -0.2) is 13.9 Å². The lowest BCUT2D eigenvalue weighted by atomic mass is 9.65. The number of aromatic nitrogens is 3. The lowest BCUT2D eigenvalue weighted by molar-refractivity contribution is -0.141. The lowest BCUT2D eigenvalue weighted by Gasteiger charge is -2.39. The third-order valence-electron chi connectivity index (χ3n) is 10.1. The van der Waals surface area contributed by atoms with Gasteiger partial charge in [-0.05, 0) is 65.2 Å². The van der Waals surface area contributed by atoms with Crippen LogP contribution in [0.2, 0.25) is 0 Å². The summed E-state index contributed by atoms with van der Waals surface area (Å²) in [4.78, 5) is 30.3. The van der Waals surface area contributed by atoms with E-state index in [0.29, 0.717) is 60.6 Å². The number of cyclic esters (lactones) is 1. The Morgan fingerprint density at radius 2 is 1.59 bits per heavy atom. The van der Waals surface area contributed by atoms with Crippen LogP contribution in [0.3, 0.4) is 0 Å². The molecule has 0 unspecified atom stereocenters. The van der Waals surface area contributed by atoms with Gasteiger partial charge in [-0.1, -0.05) is 5.21 Å². The van der Waals surface area contributed by atoms with Crippen molar-refractivity contribution in [3.63, 3.8) is 0 Å². The summed E-state index contributed by atoms with van der Waals surface area (Å²) in [6.07, 6.45) is 1.28. The Morgan fingerprint density at radius 3 is 2.25 bits per heavy atom. The molecule has 14 nitrogen and oxygen atoms in total. The largest absolute Gasteiger partial charge is 0.493 e. The second-order valence-electron chi connectivity index (χ2n) is 12.7. The highest BCUT2D eigenvalue weighted by molar-refractivity contribution is 5.79. The van der Waals surface area contributed by atoms with Crippen molar-refractivity contribution < 1.29 is 47.1 Å². The first kappa shape index (κ1) is 32.5.